The molecule has 2 heteroatoms. The fourth-order valence-corrected chi connectivity index (χ4v) is 1.75. The summed E-state index contributed by atoms with van der Waals surface area (Å²) in [6.45, 7) is 11.0. The van der Waals surface area contributed by atoms with Crippen molar-refractivity contribution in [3.8, 4) is 0 Å². The normalized spacial score (nSPS) is 14.8. The number of hydrogen-bond acceptors (Lipinski definition) is 2. The summed E-state index contributed by atoms with van der Waals surface area (Å²) in [6.07, 6.45) is -0.448. The molecule has 0 saturated heterocycles. The largest absolute Gasteiger partial charge is 0.388 e. The molecule has 0 aliphatic rings. The predicted octanol–water partition coefficient (Wildman–Crippen LogP) is 3.00. The summed E-state index contributed by atoms with van der Waals surface area (Å²) >= 11 is 0. The van der Waals surface area contributed by atoms with Crippen LogP contribution < -0.4 is 5.73 Å². The van der Waals surface area contributed by atoms with Gasteiger partial charge in [0.15, 0.2) is 0 Å². The minimum absolute atomic E-state index is 0.0480. The van der Waals surface area contributed by atoms with Crippen molar-refractivity contribution in [2.24, 2.45) is 11.1 Å². The highest BCUT2D eigenvalue weighted by Crippen LogP contribution is 2.34. The molecule has 17 heavy (non-hydrogen) atoms. The first-order valence-electron chi connectivity index (χ1n) is 6.17. The van der Waals surface area contributed by atoms with E-state index in [1.165, 1.54) is 5.56 Å². The van der Waals surface area contributed by atoms with Gasteiger partial charge in [0.05, 0.1) is 6.10 Å². The summed E-state index contributed by atoms with van der Waals surface area (Å²) in [4.78, 5) is 0. The minimum Gasteiger partial charge on any atom is -0.388 e. The maximum Gasteiger partial charge on any atom is 0.0838 e. The van der Waals surface area contributed by atoms with Crippen molar-refractivity contribution in [2.45, 2.75) is 46.1 Å². The molecule has 0 amide bonds. The van der Waals surface area contributed by atoms with Gasteiger partial charge in [-0.25, -0.2) is 0 Å². The highest BCUT2D eigenvalue weighted by Gasteiger charge is 2.25. The van der Waals surface area contributed by atoms with Gasteiger partial charge < -0.3 is 10.8 Å². The Morgan fingerprint density at radius 2 is 1.76 bits per heavy atom. The van der Waals surface area contributed by atoms with Crippen LogP contribution in [0.1, 0.15) is 51.8 Å². The van der Waals surface area contributed by atoms with Gasteiger partial charge in [0, 0.05) is 12.0 Å². The van der Waals surface area contributed by atoms with E-state index in [1.54, 1.807) is 0 Å². The fraction of sp³-hybridized carbons (Fsp3) is 0.600. The molecule has 0 saturated carbocycles. The van der Waals surface area contributed by atoms with E-state index in [9.17, 15) is 5.11 Å². The molecule has 1 aromatic rings. The number of rotatable bonds is 3. The standard InChI is InChI=1S/C15H25NO/c1-14(2,3)13(17)11-7-6-8-12(9-11)15(4,5)10-16/h6-9,13,17H,10,16H2,1-5H3. The molecule has 0 bridgehead atoms. The SMILES string of the molecule is CC(C)(CN)c1cccc(C(O)C(C)(C)C)c1. The van der Waals surface area contributed by atoms with Crippen molar-refractivity contribution in [3.63, 3.8) is 0 Å². The van der Waals surface area contributed by atoms with Crippen LogP contribution in [-0.4, -0.2) is 11.7 Å². The smallest absolute Gasteiger partial charge is 0.0838 e. The van der Waals surface area contributed by atoms with Crippen molar-refractivity contribution >= 4 is 0 Å². The molecule has 3 N–H and O–H groups in total. The molecule has 1 unspecified atom stereocenters. The summed E-state index contributed by atoms with van der Waals surface area (Å²) in [6, 6.07) is 8.12. The summed E-state index contributed by atoms with van der Waals surface area (Å²) in [5, 5.41) is 10.3. The zero-order valence-corrected chi connectivity index (χ0v) is 11.6. The molecule has 0 spiro atoms. The highest BCUT2D eigenvalue weighted by molar-refractivity contribution is 5.31. The van der Waals surface area contributed by atoms with E-state index in [4.69, 9.17) is 5.73 Å². The molecule has 0 aliphatic heterocycles. The lowest BCUT2D eigenvalue weighted by molar-refractivity contribution is 0.0625. The van der Waals surface area contributed by atoms with Crippen LogP contribution in [0, 0.1) is 5.41 Å². The van der Waals surface area contributed by atoms with Gasteiger partial charge in [-0.3, -0.25) is 0 Å². The molecule has 1 rings (SSSR count). The third-order valence-electron chi connectivity index (χ3n) is 3.31. The van der Waals surface area contributed by atoms with Gasteiger partial charge in [0.25, 0.3) is 0 Å². The summed E-state index contributed by atoms with van der Waals surface area (Å²) in [5.74, 6) is 0. The molecule has 0 aromatic heterocycles. The topological polar surface area (TPSA) is 46.2 Å². The Bertz CT molecular complexity index is 377. The Kier molecular flexibility index (Phi) is 4.00. The second-order valence-electron chi connectivity index (χ2n) is 6.48. The van der Waals surface area contributed by atoms with Crippen LogP contribution in [0.5, 0.6) is 0 Å². The molecule has 96 valence electrons. The Morgan fingerprint density at radius 3 is 2.24 bits per heavy atom. The number of aliphatic hydroxyl groups is 1. The van der Waals surface area contributed by atoms with Crippen LogP contribution in [0.25, 0.3) is 0 Å². The van der Waals surface area contributed by atoms with Crippen LogP contribution in [0.15, 0.2) is 24.3 Å². The maximum atomic E-state index is 10.3. The van der Waals surface area contributed by atoms with E-state index in [0.29, 0.717) is 6.54 Å². The van der Waals surface area contributed by atoms with Crippen LogP contribution >= 0.6 is 0 Å². The lowest BCUT2D eigenvalue weighted by Gasteiger charge is -2.29. The van der Waals surface area contributed by atoms with Crippen molar-refractivity contribution in [3.05, 3.63) is 35.4 Å². The summed E-state index contributed by atoms with van der Waals surface area (Å²) in [5.41, 5.74) is 7.74. The Hall–Kier alpha value is -0.860. The zero-order valence-electron chi connectivity index (χ0n) is 11.6. The summed E-state index contributed by atoms with van der Waals surface area (Å²) in [7, 11) is 0. The zero-order chi connectivity index (χ0) is 13.3. The fourth-order valence-electron chi connectivity index (χ4n) is 1.75. The molecule has 1 aromatic carbocycles. The Morgan fingerprint density at radius 1 is 1.18 bits per heavy atom. The van der Waals surface area contributed by atoms with Gasteiger partial charge in [-0.1, -0.05) is 58.9 Å². The van der Waals surface area contributed by atoms with E-state index in [1.807, 2.05) is 32.9 Å². The van der Waals surface area contributed by atoms with Crippen molar-refractivity contribution < 1.29 is 5.11 Å². The van der Waals surface area contributed by atoms with Gasteiger partial charge in [0.1, 0.15) is 0 Å². The third-order valence-corrected chi connectivity index (χ3v) is 3.31. The molecule has 1 atom stereocenters. The van der Waals surface area contributed by atoms with Gasteiger partial charge in [-0.2, -0.15) is 0 Å². The van der Waals surface area contributed by atoms with E-state index in [-0.39, 0.29) is 10.8 Å². The third kappa shape index (κ3) is 3.30. The van der Waals surface area contributed by atoms with E-state index in [2.05, 4.69) is 26.0 Å². The number of aliphatic hydroxyl groups excluding tert-OH is 1. The van der Waals surface area contributed by atoms with E-state index < -0.39 is 6.10 Å². The Balaban J connectivity index is 3.10. The van der Waals surface area contributed by atoms with Crippen LogP contribution in [0.2, 0.25) is 0 Å². The lowest BCUT2D eigenvalue weighted by atomic mass is 9.80. The Labute approximate surface area is 105 Å². The van der Waals surface area contributed by atoms with Crippen molar-refractivity contribution in [1.29, 1.82) is 0 Å². The van der Waals surface area contributed by atoms with Gasteiger partial charge in [0.2, 0.25) is 0 Å². The van der Waals surface area contributed by atoms with Crippen molar-refractivity contribution in [1.82, 2.24) is 0 Å². The first-order chi connectivity index (χ1) is 7.68. The second-order valence-corrected chi connectivity index (χ2v) is 6.48. The minimum atomic E-state index is -0.448. The monoisotopic (exact) mass is 235 g/mol. The predicted molar refractivity (Wildman–Crippen MR) is 72.9 cm³/mol. The average Bonchev–Trinajstić information content (AvgIpc) is 2.27. The van der Waals surface area contributed by atoms with Crippen LogP contribution in [0.4, 0.5) is 0 Å². The quantitative estimate of drug-likeness (QED) is 0.846. The van der Waals surface area contributed by atoms with E-state index >= 15 is 0 Å². The van der Waals surface area contributed by atoms with Gasteiger partial charge in [-0.05, 0) is 16.5 Å². The number of hydrogen-bond donors (Lipinski definition) is 2. The molecule has 0 aliphatic carbocycles. The first-order valence-corrected chi connectivity index (χ1v) is 6.17. The lowest BCUT2D eigenvalue weighted by Crippen LogP contribution is -2.28. The number of benzene rings is 1. The average molecular weight is 235 g/mol. The second kappa shape index (κ2) is 4.79. The molecule has 0 radical (unpaired) electrons. The molecule has 0 fully saturated rings. The van der Waals surface area contributed by atoms with Gasteiger partial charge >= 0.3 is 0 Å². The van der Waals surface area contributed by atoms with E-state index in [0.717, 1.165) is 5.56 Å². The molecule has 2 nitrogen and oxygen atoms in total. The summed E-state index contributed by atoms with van der Waals surface area (Å²) < 4.78 is 0. The molecular weight excluding hydrogens is 210 g/mol. The van der Waals surface area contributed by atoms with Gasteiger partial charge in [-0.15, -0.1) is 0 Å². The van der Waals surface area contributed by atoms with Crippen molar-refractivity contribution in [2.75, 3.05) is 6.54 Å². The number of nitrogens with two attached hydrogens (primary N) is 1. The molecule has 0 heterocycles. The first kappa shape index (κ1) is 14.2. The molecular formula is C15H25NO. The highest BCUT2D eigenvalue weighted by atomic mass is 16.3. The van der Waals surface area contributed by atoms with Crippen LogP contribution in [-0.2, 0) is 5.41 Å². The van der Waals surface area contributed by atoms with Crippen LogP contribution in [0.3, 0.4) is 0 Å². The maximum absolute atomic E-state index is 10.3.